The molecule has 0 aliphatic heterocycles. The fourth-order valence-corrected chi connectivity index (χ4v) is 0. The van der Waals surface area contributed by atoms with Gasteiger partial charge in [0, 0.05) is 17.1 Å². The van der Waals surface area contributed by atoms with Gasteiger partial charge in [0.25, 0.3) is 0 Å². The molecule has 1 radical (unpaired) electrons. The smallest absolute Gasteiger partial charge is 0.0978 e. The van der Waals surface area contributed by atoms with Crippen molar-refractivity contribution in [3.05, 3.63) is 25.0 Å². The van der Waals surface area contributed by atoms with Gasteiger partial charge in [0.1, 0.15) is 0 Å². The Morgan fingerprint density at radius 2 is 0.588 bits per heavy atom. The van der Waals surface area contributed by atoms with Gasteiger partial charge in [0.15, 0.2) is 0 Å². The zero-order chi connectivity index (χ0) is 13.7. The van der Waals surface area contributed by atoms with Gasteiger partial charge in [-0.25, -0.2) is 47.0 Å². The number of hydrogen-bond donors (Lipinski definition) is 0. The molecule has 0 atom stereocenters. The zero-order valence-electron chi connectivity index (χ0n) is 8.55. The van der Waals surface area contributed by atoms with E-state index < -0.39 is 0 Å². The van der Waals surface area contributed by atoms with E-state index in [1.807, 2.05) is 0 Å². The topological polar surface area (TPSA) is 95.2 Å². The molecule has 0 heterocycles. The predicted octanol–water partition coefficient (Wildman–Crippen LogP) is 3.97. The largest absolute Gasteiger partial charge is 0.274 e. The molecule has 17 heavy (non-hydrogen) atoms. The van der Waals surface area contributed by atoms with Crippen LogP contribution in [0.5, 0.6) is 0 Å². The van der Waals surface area contributed by atoms with Gasteiger partial charge in [-0.15, -0.1) is 0 Å². The summed E-state index contributed by atoms with van der Waals surface area (Å²) in [5.41, 5.74) is 0. The maximum atomic E-state index is 7.53. The van der Waals surface area contributed by atoms with E-state index in [9.17, 15) is 0 Å². The van der Waals surface area contributed by atoms with Crippen LogP contribution >= 0.6 is 47.0 Å². The van der Waals surface area contributed by atoms with Crippen LogP contribution in [0.15, 0.2) is 0 Å². The van der Waals surface area contributed by atoms with E-state index in [4.69, 9.17) is 21.0 Å². The number of nitriles is 4. The van der Waals surface area contributed by atoms with Crippen LogP contribution in [-0.2, 0) is 17.1 Å². The minimum atomic E-state index is 0. The number of hydrogen-bond acceptors (Lipinski definition) is 8. The van der Waals surface area contributed by atoms with Crippen LogP contribution in [0, 0.1) is 67.7 Å². The van der Waals surface area contributed by atoms with Crippen LogP contribution in [0.1, 0.15) is 0 Å². The molecule has 0 fully saturated rings. The Hall–Kier alpha value is -0.121. The van der Waals surface area contributed by atoms with Crippen molar-refractivity contribution in [2.75, 3.05) is 0 Å². The molecule has 0 amide bonds. The summed E-state index contributed by atoms with van der Waals surface area (Å²) in [4.78, 5) is 0. The van der Waals surface area contributed by atoms with Crippen LogP contribution in [0.4, 0.5) is 0 Å². The maximum Gasteiger partial charge on any atom is 0.0978 e. The second kappa shape index (κ2) is 56.6. The first-order valence-corrected chi connectivity index (χ1v) is 6.81. The Balaban J connectivity index is -0.0000000369. The summed E-state index contributed by atoms with van der Waals surface area (Å²) in [6, 6.07) is 0. The van der Waals surface area contributed by atoms with Crippen molar-refractivity contribution in [3.63, 3.8) is 0 Å². The van der Waals surface area contributed by atoms with Crippen molar-refractivity contribution in [2.45, 2.75) is 0 Å². The molecule has 0 aliphatic rings. The number of rotatable bonds is 0. The minimum Gasteiger partial charge on any atom is -0.274 e. The molecule has 0 aromatic carbocycles. The number of thioether (sulfide) groups is 4. The standard InChI is InChI=1S/4C2H2NS.Cu/c4*1-4-2-3;/h4*1H2;/q4*-1;. The average Bonchev–Trinajstić information content (AvgIpc) is 2.39. The van der Waals surface area contributed by atoms with Gasteiger partial charge in [-0.2, -0.15) is 21.0 Å². The van der Waals surface area contributed by atoms with Crippen molar-refractivity contribution >= 4 is 47.0 Å². The van der Waals surface area contributed by atoms with Gasteiger partial charge in [-0.3, -0.25) is 25.0 Å². The molecule has 0 rings (SSSR count). The molecule has 0 aromatic heterocycles. The van der Waals surface area contributed by atoms with Crippen LogP contribution in [0.25, 0.3) is 0 Å². The third-order valence-electron chi connectivity index (χ3n) is 0.258. The molecule has 0 saturated carbocycles. The van der Waals surface area contributed by atoms with Crippen molar-refractivity contribution in [1.82, 2.24) is 0 Å². The first-order chi connectivity index (χ1) is 7.66. The monoisotopic (exact) mass is 351 g/mol. The van der Waals surface area contributed by atoms with Crippen molar-refractivity contribution in [1.29, 1.82) is 21.0 Å². The van der Waals surface area contributed by atoms with Gasteiger partial charge < -0.3 is 0 Å². The fourth-order valence-electron chi connectivity index (χ4n) is 0. The van der Waals surface area contributed by atoms with E-state index >= 15 is 0 Å². The van der Waals surface area contributed by atoms with Crippen molar-refractivity contribution in [3.8, 4) is 21.6 Å². The van der Waals surface area contributed by atoms with Gasteiger partial charge in [-0.1, -0.05) is 0 Å². The Morgan fingerprint density at radius 3 is 0.588 bits per heavy atom. The fraction of sp³-hybridized carbons (Fsp3) is 0. The SMILES string of the molecule is [CH2-]SC#N.[CH2-]SC#N.[CH2-]SC#N.[CH2-]SC#N.[Cu]. The van der Waals surface area contributed by atoms with Crippen molar-refractivity contribution in [2.24, 2.45) is 0 Å². The Morgan fingerprint density at radius 1 is 0.529 bits per heavy atom. The average molecular weight is 352 g/mol. The minimum absolute atomic E-state index is 0. The summed E-state index contributed by atoms with van der Waals surface area (Å²) in [6.07, 6.45) is 12.6. The van der Waals surface area contributed by atoms with Crippen molar-refractivity contribution < 1.29 is 17.1 Å². The van der Waals surface area contributed by atoms with Crippen LogP contribution in [-0.4, -0.2) is 0 Å². The third kappa shape index (κ3) is 203. The van der Waals surface area contributed by atoms with Gasteiger partial charge in [0.2, 0.25) is 0 Å². The van der Waals surface area contributed by atoms with E-state index in [2.05, 4.69) is 25.0 Å². The number of thiocyanates is 4. The zero-order valence-corrected chi connectivity index (χ0v) is 12.8. The molecule has 0 aliphatic carbocycles. The quantitative estimate of drug-likeness (QED) is 0.367. The Kier molecular flexibility index (Phi) is 100. The Bertz CT molecular complexity index is 205. The second-order valence-electron chi connectivity index (χ2n) is 0.942. The van der Waals surface area contributed by atoms with E-state index in [1.54, 1.807) is 21.6 Å². The Labute approximate surface area is 131 Å². The summed E-state index contributed by atoms with van der Waals surface area (Å²) in [6.45, 7) is 0. The van der Waals surface area contributed by atoms with Gasteiger partial charge >= 0.3 is 0 Å². The van der Waals surface area contributed by atoms with Crippen LogP contribution in [0.3, 0.4) is 0 Å². The first kappa shape index (κ1) is 30.2. The molecule has 0 spiro atoms. The number of nitrogens with zero attached hydrogens (tertiary/aromatic N) is 4. The molecule has 0 aromatic rings. The van der Waals surface area contributed by atoms with Crippen LogP contribution < -0.4 is 0 Å². The molecular weight excluding hydrogens is 344 g/mol. The molecule has 0 unspecified atom stereocenters. The van der Waals surface area contributed by atoms with E-state index in [1.165, 1.54) is 0 Å². The maximum absolute atomic E-state index is 7.53. The molecule has 0 bridgehead atoms. The summed E-state index contributed by atoms with van der Waals surface area (Å²) < 4.78 is 0. The summed E-state index contributed by atoms with van der Waals surface area (Å²) in [5, 5.41) is 37.0. The second-order valence-corrected chi connectivity index (χ2v) is 2.83. The summed E-state index contributed by atoms with van der Waals surface area (Å²) in [5.74, 6) is 0. The van der Waals surface area contributed by atoms with E-state index in [0.717, 1.165) is 47.0 Å². The molecule has 9 heteroatoms. The molecule has 0 N–H and O–H groups in total. The normalized spacial score (nSPS) is 4.71. The third-order valence-corrected chi connectivity index (χ3v) is 0.775. The first-order valence-electron chi connectivity index (χ1n) is 2.87. The molecule has 4 nitrogen and oxygen atoms in total. The summed E-state index contributed by atoms with van der Waals surface area (Å²) in [7, 11) is 0. The predicted molar refractivity (Wildman–Crippen MR) is 74.2 cm³/mol. The van der Waals surface area contributed by atoms with Gasteiger partial charge in [-0.05, 0) is 0 Å². The van der Waals surface area contributed by atoms with E-state index in [0.29, 0.717) is 0 Å². The summed E-state index contributed by atoms with van der Waals surface area (Å²) >= 11 is 3.65. The van der Waals surface area contributed by atoms with E-state index in [-0.39, 0.29) is 17.1 Å². The van der Waals surface area contributed by atoms with Crippen LogP contribution in [0.2, 0.25) is 0 Å². The molecule has 99 valence electrons. The molecular formula is C8H8CuN4S4-4. The molecule has 0 saturated heterocycles. The van der Waals surface area contributed by atoms with Gasteiger partial charge in [0.05, 0.1) is 21.6 Å².